The molecule has 0 radical (unpaired) electrons. The van der Waals surface area contributed by atoms with Crippen LogP contribution >= 0.6 is 0 Å². The van der Waals surface area contributed by atoms with Crippen LogP contribution in [0.15, 0.2) is 36.4 Å². The molecule has 0 unspecified atom stereocenters. The van der Waals surface area contributed by atoms with Crippen molar-refractivity contribution in [3.8, 4) is 11.5 Å². The van der Waals surface area contributed by atoms with Crippen LogP contribution in [0.2, 0.25) is 0 Å². The van der Waals surface area contributed by atoms with Crippen molar-refractivity contribution >= 4 is 22.7 Å². The molecule has 3 rings (SSSR count). The van der Waals surface area contributed by atoms with Gasteiger partial charge in [-0.25, -0.2) is 0 Å². The van der Waals surface area contributed by atoms with E-state index in [4.69, 9.17) is 9.47 Å². The number of para-hydroxylation sites is 1. The number of nitro groups is 2. The SMILES string of the molecule is O=[N+]([O-])c1cc([N+](=O)[O-])c2c(c1Nc1ccccc1)OCCCCO2. The first-order valence-electron chi connectivity index (χ1n) is 7.65. The van der Waals surface area contributed by atoms with E-state index in [1.54, 1.807) is 30.3 Å². The molecule has 0 atom stereocenters. The molecule has 1 heterocycles. The fourth-order valence-corrected chi connectivity index (χ4v) is 2.51. The molecule has 0 aromatic heterocycles. The minimum Gasteiger partial charge on any atom is -0.487 e. The molecular weight excluding hydrogens is 330 g/mol. The van der Waals surface area contributed by atoms with Gasteiger partial charge in [0, 0.05) is 5.69 Å². The van der Waals surface area contributed by atoms with Gasteiger partial charge in [-0.15, -0.1) is 0 Å². The van der Waals surface area contributed by atoms with Gasteiger partial charge in [-0.3, -0.25) is 20.2 Å². The first kappa shape index (κ1) is 16.5. The number of hydrogen-bond acceptors (Lipinski definition) is 7. The average Bonchev–Trinajstić information content (AvgIpc) is 2.56. The summed E-state index contributed by atoms with van der Waals surface area (Å²) < 4.78 is 11.1. The molecular formula is C16H15N3O6. The van der Waals surface area contributed by atoms with Crippen molar-refractivity contribution in [3.05, 3.63) is 56.6 Å². The number of nitrogens with one attached hydrogen (secondary N) is 1. The van der Waals surface area contributed by atoms with Gasteiger partial charge < -0.3 is 14.8 Å². The quantitative estimate of drug-likeness (QED) is 0.661. The molecule has 1 N–H and O–H groups in total. The van der Waals surface area contributed by atoms with Crippen LogP contribution in [0.25, 0.3) is 0 Å². The third-order valence-electron chi connectivity index (χ3n) is 3.66. The zero-order valence-electron chi connectivity index (χ0n) is 13.1. The van der Waals surface area contributed by atoms with Gasteiger partial charge in [0.1, 0.15) is 6.07 Å². The largest absolute Gasteiger partial charge is 0.487 e. The Labute approximate surface area is 142 Å². The number of nitrogens with zero attached hydrogens (tertiary/aromatic N) is 2. The second kappa shape index (κ2) is 7.04. The molecule has 0 saturated heterocycles. The van der Waals surface area contributed by atoms with Crippen LogP contribution in [0.5, 0.6) is 11.5 Å². The predicted molar refractivity (Wildman–Crippen MR) is 89.7 cm³/mol. The van der Waals surface area contributed by atoms with E-state index < -0.39 is 21.2 Å². The van der Waals surface area contributed by atoms with Crippen molar-refractivity contribution < 1.29 is 19.3 Å². The summed E-state index contributed by atoms with van der Waals surface area (Å²) in [6.07, 6.45) is 1.36. The van der Waals surface area contributed by atoms with Gasteiger partial charge in [-0.2, -0.15) is 0 Å². The molecule has 0 bridgehead atoms. The Balaban J connectivity index is 2.21. The minimum atomic E-state index is -0.705. The smallest absolute Gasteiger partial charge is 0.321 e. The van der Waals surface area contributed by atoms with Crippen molar-refractivity contribution in [2.75, 3.05) is 18.5 Å². The number of anilines is 2. The topological polar surface area (TPSA) is 117 Å². The van der Waals surface area contributed by atoms with Crippen LogP contribution in [-0.4, -0.2) is 23.1 Å². The maximum atomic E-state index is 11.5. The van der Waals surface area contributed by atoms with Crippen molar-refractivity contribution in [1.29, 1.82) is 0 Å². The summed E-state index contributed by atoms with van der Waals surface area (Å²) in [5.74, 6) is -0.0989. The van der Waals surface area contributed by atoms with E-state index in [9.17, 15) is 20.2 Å². The predicted octanol–water partition coefficient (Wildman–Crippen LogP) is 3.80. The average molecular weight is 345 g/mol. The summed E-state index contributed by atoms with van der Waals surface area (Å²) in [7, 11) is 0. The summed E-state index contributed by atoms with van der Waals surface area (Å²) >= 11 is 0. The maximum Gasteiger partial charge on any atom is 0.321 e. The standard InChI is InChI=1S/C16H15N3O6/c20-18(21)12-10-13(19(22)23)15-16(25-9-5-4-8-24-15)14(12)17-11-6-2-1-3-7-11/h1-3,6-7,10,17H,4-5,8-9H2. The second-order valence-corrected chi connectivity index (χ2v) is 5.36. The van der Waals surface area contributed by atoms with Crippen molar-refractivity contribution in [2.45, 2.75) is 12.8 Å². The number of fused-ring (bicyclic) bond motifs is 1. The molecule has 0 aliphatic carbocycles. The zero-order chi connectivity index (χ0) is 17.8. The summed E-state index contributed by atoms with van der Waals surface area (Å²) in [5, 5.41) is 25.7. The first-order valence-corrected chi connectivity index (χ1v) is 7.65. The highest BCUT2D eigenvalue weighted by Gasteiger charge is 2.33. The number of ether oxygens (including phenoxy) is 2. The van der Waals surface area contributed by atoms with E-state index >= 15 is 0 Å². The zero-order valence-corrected chi connectivity index (χ0v) is 13.1. The summed E-state index contributed by atoms with van der Waals surface area (Å²) in [4.78, 5) is 21.4. The van der Waals surface area contributed by atoms with Gasteiger partial charge in [0.05, 0.1) is 23.1 Å². The van der Waals surface area contributed by atoms with Crippen LogP contribution in [0.3, 0.4) is 0 Å². The maximum absolute atomic E-state index is 11.5. The molecule has 9 heteroatoms. The van der Waals surface area contributed by atoms with E-state index in [1.807, 2.05) is 0 Å². The second-order valence-electron chi connectivity index (χ2n) is 5.36. The number of rotatable bonds is 4. The van der Waals surface area contributed by atoms with Crippen LogP contribution in [0.4, 0.5) is 22.7 Å². The molecule has 130 valence electrons. The fourth-order valence-electron chi connectivity index (χ4n) is 2.51. The Morgan fingerprint density at radius 1 is 0.880 bits per heavy atom. The summed E-state index contributed by atoms with van der Waals surface area (Å²) in [6.45, 7) is 0.567. The molecule has 25 heavy (non-hydrogen) atoms. The van der Waals surface area contributed by atoms with Gasteiger partial charge in [0.15, 0.2) is 11.4 Å². The number of benzene rings is 2. The van der Waals surface area contributed by atoms with Gasteiger partial charge in [0.2, 0.25) is 5.75 Å². The first-order chi connectivity index (χ1) is 12.1. The third kappa shape index (κ3) is 3.44. The third-order valence-corrected chi connectivity index (χ3v) is 3.66. The van der Waals surface area contributed by atoms with Crippen molar-refractivity contribution in [2.24, 2.45) is 0 Å². The lowest BCUT2D eigenvalue weighted by molar-refractivity contribution is -0.394. The van der Waals surface area contributed by atoms with Gasteiger partial charge in [-0.05, 0) is 25.0 Å². The Kier molecular flexibility index (Phi) is 4.64. The lowest BCUT2D eigenvalue weighted by Gasteiger charge is -2.19. The van der Waals surface area contributed by atoms with E-state index in [1.165, 1.54) is 0 Å². The highest BCUT2D eigenvalue weighted by Crippen LogP contribution is 2.49. The van der Waals surface area contributed by atoms with Crippen LogP contribution in [0, 0.1) is 20.2 Å². The molecule has 0 saturated carbocycles. The van der Waals surface area contributed by atoms with Crippen LogP contribution < -0.4 is 14.8 Å². The Morgan fingerprint density at radius 2 is 1.48 bits per heavy atom. The Morgan fingerprint density at radius 3 is 2.08 bits per heavy atom. The van der Waals surface area contributed by atoms with Crippen molar-refractivity contribution in [1.82, 2.24) is 0 Å². The lowest BCUT2D eigenvalue weighted by Crippen LogP contribution is -2.12. The normalized spacial score (nSPS) is 13.4. The lowest BCUT2D eigenvalue weighted by atomic mass is 10.1. The minimum absolute atomic E-state index is 0.00977. The van der Waals surface area contributed by atoms with Gasteiger partial charge in [0.25, 0.3) is 0 Å². The van der Waals surface area contributed by atoms with E-state index in [-0.39, 0.29) is 30.4 Å². The van der Waals surface area contributed by atoms with Gasteiger partial charge >= 0.3 is 11.4 Å². The van der Waals surface area contributed by atoms with E-state index in [0.717, 1.165) is 6.07 Å². The van der Waals surface area contributed by atoms with Crippen LogP contribution in [-0.2, 0) is 0 Å². The number of hydrogen-bond donors (Lipinski definition) is 1. The Bertz CT molecular complexity index is 809. The van der Waals surface area contributed by atoms with Gasteiger partial charge in [-0.1, -0.05) is 18.2 Å². The molecule has 1 aliphatic heterocycles. The van der Waals surface area contributed by atoms with Crippen molar-refractivity contribution in [3.63, 3.8) is 0 Å². The molecule has 0 fully saturated rings. The van der Waals surface area contributed by atoms with E-state index in [0.29, 0.717) is 18.5 Å². The summed E-state index contributed by atoms with van der Waals surface area (Å²) in [5.41, 5.74) is -0.299. The van der Waals surface area contributed by atoms with E-state index in [2.05, 4.69) is 5.32 Å². The molecule has 2 aromatic rings. The summed E-state index contributed by atoms with van der Waals surface area (Å²) in [6, 6.07) is 9.68. The highest BCUT2D eigenvalue weighted by molar-refractivity contribution is 5.83. The monoisotopic (exact) mass is 345 g/mol. The molecule has 1 aliphatic rings. The van der Waals surface area contributed by atoms with Crippen LogP contribution in [0.1, 0.15) is 12.8 Å². The fraction of sp³-hybridized carbons (Fsp3) is 0.250. The highest BCUT2D eigenvalue weighted by atomic mass is 16.6. The molecule has 9 nitrogen and oxygen atoms in total. The Hall–Kier alpha value is -3.36. The molecule has 0 amide bonds. The number of nitro benzene ring substituents is 2. The molecule has 2 aromatic carbocycles. The molecule has 0 spiro atoms.